The summed E-state index contributed by atoms with van der Waals surface area (Å²) in [6.45, 7) is 0. The zero-order valence-corrected chi connectivity index (χ0v) is 14.9. The predicted molar refractivity (Wildman–Crippen MR) is 98.7 cm³/mol. The van der Waals surface area contributed by atoms with Crippen LogP contribution in [0, 0.1) is 0 Å². The summed E-state index contributed by atoms with van der Waals surface area (Å²) in [5.74, 6) is 1.31. The molecule has 6 nitrogen and oxygen atoms in total. The average Bonchev–Trinajstić information content (AvgIpc) is 3.10. The minimum absolute atomic E-state index is 0.163. The first kappa shape index (κ1) is 17.3. The number of nitrogens with one attached hydrogen (secondary N) is 1. The van der Waals surface area contributed by atoms with Crippen LogP contribution in [0.25, 0.3) is 5.69 Å². The number of thioether (sulfide) groups is 1. The van der Waals surface area contributed by atoms with Crippen LogP contribution in [0.1, 0.15) is 0 Å². The van der Waals surface area contributed by atoms with Gasteiger partial charge in [-0.1, -0.05) is 23.4 Å². The zero-order chi connectivity index (χ0) is 17.6. The number of hydrogen-bond donors (Lipinski definition) is 1. The second-order valence-electron chi connectivity index (χ2n) is 4.98. The first-order valence-corrected chi connectivity index (χ1v) is 8.74. The minimum Gasteiger partial charge on any atom is -0.497 e. The number of methoxy groups -OCH3 is 1. The number of aromatic nitrogens is 3. The molecule has 0 saturated heterocycles. The van der Waals surface area contributed by atoms with Gasteiger partial charge in [-0.2, -0.15) is 0 Å². The Kier molecular flexibility index (Phi) is 5.57. The average molecular weight is 375 g/mol. The van der Waals surface area contributed by atoms with E-state index in [1.165, 1.54) is 18.0 Å². The summed E-state index contributed by atoms with van der Waals surface area (Å²) in [5.41, 5.74) is 0.945. The molecule has 25 heavy (non-hydrogen) atoms. The Bertz CT molecular complexity index is 850. The van der Waals surface area contributed by atoms with E-state index in [2.05, 4.69) is 15.3 Å². The van der Waals surface area contributed by atoms with Crippen LogP contribution in [0.2, 0.25) is 5.02 Å². The Morgan fingerprint density at radius 2 is 2.04 bits per heavy atom. The molecule has 128 valence electrons. The number of hydrogen-bond acceptors (Lipinski definition) is 5. The monoisotopic (exact) mass is 374 g/mol. The smallest absolute Gasteiger partial charge is 0.236 e. The molecule has 0 aliphatic rings. The standard InChI is InChI=1S/C17H15ClN4O2S/c1-24-14-5-3-13(4-6-14)22-9-8-19-17(22)25-11-16(23)21-15-7-2-12(18)10-20-15/h2-10H,11H2,1H3,(H,20,21,23). The fourth-order valence-electron chi connectivity index (χ4n) is 2.09. The molecular weight excluding hydrogens is 360 g/mol. The summed E-state index contributed by atoms with van der Waals surface area (Å²) in [4.78, 5) is 20.4. The summed E-state index contributed by atoms with van der Waals surface area (Å²) >= 11 is 7.12. The topological polar surface area (TPSA) is 69.0 Å². The fraction of sp³-hybridized carbons (Fsp3) is 0.118. The second-order valence-corrected chi connectivity index (χ2v) is 6.36. The maximum absolute atomic E-state index is 12.1. The number of pyridine rings is 1. The van der Waals surface area contributed by atoms with Gasteiger partial charge in [0.15, 0.2) is 5.16 Å². The number of halogens is 1. The lowest BCUT2D eigenvalue weighted by atomic mass is 10.3. The third-order valence-electron chi connectivity index (χ3n) is 3.28. The molecule has 3 aromatic rings. The highest BCUT2D eigenvalue weighted by molar-refractivity contribution is 7.99. The summed E-state index contributed by atoms with van der Waals surface area (Å²) in [5, 5.41) is 3.97. The Balaban J connectivity index is 1.62. The van der Waals surface area contributed by atoms with Gasteiger partial charge in [0.2, 0.25) is 5.91 Å². The van der Waals surface area contributed by atoms with Crippen molar-refractivity contribution in [1.29, 1.82) is 0 Å². The minimum atomic E-state index is -0.163. The van der Waals surface area contributed by atoms with Crippen molar-refractivity contribution >= 4 is 35.1 Å². The molecule has 2 aromatic heterocycles. The molecule has 0 aliphatic carbocycles. The molecule has 0 radical (unpaired) electrons. The maximum atomic E-state index is 12.1. The molecule has 1 amide bonds. The molecule has 1 aromatic carbocycles. The number of benzene rings is 1. The normalized spacial score (nSPS) is 10.5. The lowest BCUT2D eigenvalue weighted by Gasteiger charge is -2.08. The van der Waals surface area contributed by atoms with Gasteiger partial charge in [-0.05, 0) is 36.4 Å². The molecule has 1 N–H and O–H groups in total. The SMILES string of the molecule is COc1ccc(-n2ccnc2SCC(=O)Nc2ccc(Cl)cn2)cc1. The number of ether oxygens (including phenoxy) is 1. The molecule has 0 unspecified atom stereocenters. The number of anilines is 1. The molecule has 8 heteroatoms. The Morgan fingerprint density at radius 3 is 2.72 bits per heavy atom. The van der Waals surface area contributed by atoms with Gasteiger partial charge in [0.05, 0.1) is 17.9 Å². The van der Waals surface area contributed by atoms with Gasteiger partial charge >= 0.3 is 0 Å². The van der Waals surface area contributed by atoms with Gasteiger partial charge in [0.25, 0.3) is 0 Å². The number of carbonyl (C=O) groups excluding carboxylic acids is 1. The number of carbonyl (C=O) groups is 1. The first-order valence-electron chi connectivity index (χ1n) is 7.37. The summed E-state index contributed by atoms with van der Waals surface area (Å²) < 4.78 is 7.08. The van der Waals surface area contributed by atoms with Crippen molar-refractivity contribution in [1.82, 2.24) is 14.5 Å². The lowest BCUT2D eigenvalue weighted by Crippen LogP contribution is -2.15. The van der Waals surface area contributed by atoms with E-state index in [-0.39, 0.29) is 11.7 Å². The van der Waals surface area contributed by atoms with Gasteiger partial charge in [-0.3, -0.25) is 9.36 Å². The number of rotatable bonds is 6. The van der Waals surface area contributed by atoms with Crippen LogP contribution in [0.4, 0.5) is 5.82 Å². The molecule has 0 aliphatic heterocycles. The summed E-state index contributed by atoms with van der Waals surface area (Å²) in [7, 11) is 1.63. The molecule has 2 heterocycles. The quantitative estimate of drug-likeness (QED) is 0.667. The van der Waals surface area contributed by atoms with E-state index in [1.54, 1.807) is 25.4 Å². The van der Waals surface area contributed by atoms with Crippen LogP contribution in [-0.4, -0.2) is 33.3 Å². The van der Waals surface area contributed by atoms with Gasteiger partial charge in [0, 0.05) is 24.3 Å². The molecule has 3 rings (SSSR count). The van der Waals surface area contributed by atoms with Crippen molar-refractivity contribution in [2.75, 3.05) is 18.2 Å². The van der Waals surface area contributed by atoms with E-state index in [1.807, 2.05) is 35.0 Å². The molecular formula is C17H15ClN4O2S. The molecule has 0 atom stereocenters. The Hall–Kier alpha value is -2.51. The van der Waals surface area contributed by atoms with Crippen LogP contribution in [0.5, 0.6) is 5.75 Å². The van der Waals surface area contributed by atoms with E-state index in [4.69, 9.17) is 16.3 Å². The van der Waals surface area contributed by atoms with Crippen LogP contribution in [-0.2, 0) is 4.79 Å². The van der Waals surface area contributed by atoms with Crippen molar-refractivity contribution in [2.45, 2.75) is 5.16 Å². The van der Waals surface area contributed by atoms with E-state index in [0.29, 0.717) is 10.8 Å². The fourth-order valence-corrected chi connectivity index (χ4v) is 2.98. The Morgan fingerprint density at radius 1 is 1.24 bits per heavy atom. The molecule has 0 spiro atoms. The van der Waals surface area contributed by atoms with Gasteiger partial charge in [-0.15, -0.1) is 0 Å². The van der Waals surface area contributed by atoms with Crippen molar-refractivity contribution in [3.8, 4) is 11.4 Å². The maximum Gasteiger partial charge on any atom is 0.236 e. The number of amides is 1. The van der Waals surface area contributed by atoms with Gasteiger partial charge in [-0.25, -0.2) is 9.97 Å². The van der Waals surface area contributed by atoms with E-state index in [9.17, 15) is 4.79 Å². The lowest BCUT2D eigenvalue weighted by molar-refractivity contribution is -0.113. The highest BCUT2D eigenvalue weighted by Crippen LogP contribution is 2.22. The highest BCUT2D eigenvalue weighted by Gasteiger charge is 2.10. The van der Waals surface area contributed by atoms with Crippen molar-refractivity contribution in [2.24, 2.45) is 0 Å². The molecule has 0 saturated carbocycles. The molecule has 0 fully saturated rings. The third-order valence-corrected chi connectivity index (χ3v) is 4.48. The summed E-state index contributed by atoms with van der Waals surface area (Å²) in [6, 6.07) is 11.0. The van der Waals surface area contributed by atoms with E-state index >= 15 is 0 Å². The van der Waals surface area contributed by atoms with Crippen LogP contribution >= 0.6 is 23.4 Å². The van der Waals surface area contributed by atoms with E-state index in [0.717, 1.165) is 16.6 Å². The van der Waals surface area contributed by atoms with Gasteiger partial charge < -0.3 is 10.1 Å². The second kappa shape index (κ2) is 8.04. The Labute approximate surface area is 154 Å². The summed E-state index contributed by atoms with van der Waals surface area (Å²) in [6.07, 6.45) is 5.04. The van der Waals surface area contributed by atoms with Crippen LogP contribution in [0.15, 0.2) is 60.1 Å². The molecule has 0 bridgehead atoms. The van der Waals surface area contributed by atoms with Crippen LogP contribution < -0.4 is 10.1 Å². The van der Waals surface area contributed by atoms with Crippen LogP contribution in [0.3, 0.4) is 0 Å². The number of imidazole rings is 1. The van der Waals surface area contributed by atoms with E-state index < -0.39 is 0 Å². The third kappa shape index (κ3) is 4.52. The predicted octanol–water partition coefficient (Wildman–Crippen LogP) is 3.66. The van der Waals surface area contributed by atoms with Crippen molar-refractivity contribution in [3.05, 3.63) is 60.0 Å². The highest BCUT2D eigenvalue weighted by atomic mass is 35.5. The largest absolute Gasteiger partial charge is 0.497 e. The van der Waals surface area contributed by atoms with Crippen molar-refractivity contribution < 1.29 is 9.53 Å². The zero-order valence-electron chi connectivity index (χ0n) is 13.3. The van der Waals surface area contributed by atoms with Crippen molar-refractivity contribution in [3.63, 3.8) is 0 Å². The first-order chi connectivity index (χ1) is 12.2. The number of nitrogens with zero attached hydrogens (tertiary/aromatic N) is 3. The van der Waals surface area contributed by atoms with Gasteiger partial charge in [0.1, 0.15) is 11.6 Å².